The molecular formula is C25H24N2O4. The smallest absolute Gasteiger partial charge is 0.213 e. The number of methoxy groups -OCH3 is 3. The summed E-state index contributed by atoms with van der Waals surface area (Å²) < 4.78 is 22.6. The standard InChI is InChI=1S/C25H24N2O4/c1-28-18-11-8-16(9-12-18)25-27-21(19-6-4-5-7-22(19)31-25)15-20(26-27)17-10-13-23(29-2)24(14-17)30-3/h4-14,21,25H,15H2,1-3H3/t21-,25-/m1/s1. The summed E-state index contributed by atoms with van der Waals surface area (Å²) >= 11 is 0. The normalized spacial score (nSPS) is 19.1. The second-order valence-corrected chi connectivity index (χ2v) is 7.50. The van der Waals surface area contributed by atoms with Crippen LogP contribution in [0.5, 0.6) is 23.0 Å². The van der Waals surface area contributed by atoms with Crippen LogP contribution >= 0.6 is 0 Å². The third-order valence-electron chi connectivity index (χ3n) is 5.82. The predicted molar refractivity (Wildman–Crippen MR) is 118 cm³/mol. The van der Waals surface area contributed by atoms with Gasteiger partial charge in [0.1, 0.15) is 11.5 Å². The zero-order valence-electron chi connectivity index (χ0n) is 17.7. The summed E-state index contributed by atoms with van der Waals surface area (Å²) in [6.45, 7) is 0. The van der Waals surface area contributed by atoms with Crippen LogP contribution in [0.1, 0.15) is 35.4 Å². The van der Waals surface area contributed by atoms with E-state index in [1.807, 2.05) is 60.7 Å². The van der Waals surface area contributed by atoms with Gasteiger partial charge in [-0.25, -0.2) is 5.01 Å². The molecule has 6 nitrogen and oxygen atoms in total. The van der Waals surface area contributed by atoms with Crippen molar-refractivity contribution in [2.45, 2.75) is 18.7 Å². The molecule has 0 N–H and O–H groups in total. The van der Waals surface area contributed by atoms with E-state index in [1.165, 1.54) is 0 Å². The van der Waals surface area contributed by atoms with Gasteiger partial charge in [0.25, 0.3) is 0 Å². The number of hydrogen-bond acceptors (Lipinski definition) is 6. The maximum absolute atomic E-state index is 6.40. The maximum Gasteiger partial charge on any atom is 0.213 e. The van der Waals surface area contributed by atoms with E-state index >= 15 is 0 Å². The van der Waals surface area contributed by atoms with Crippen molar-refractivity contribution in [2.75, 3.05) is 21.3 Å². The topological polar surface area (TPSA) is 52.5 Å². The first-order chi connectivity index (χ1) is 15.2. The molecule has 6 heteroatoms. The van der Waals surface area contributed by atoms with E-state index in [4.69, 9.17) is 24.0 Å². The number of nitrogens with zero attached hydrogens (tertiary/aromatic N) is 2. The number of fused-ring (bicyclic) bond motifs is 3. The van der Waals surface area contributed by atoms with Crippen molar-refractivity contribution >= 4 is 5.71 Å². The van der Waals surface area contributed by atoms with E-state index in [0.29, 0.717) is 11.5 Å². The lowest BCUT2D eigenvalue weighted by atomic mass is 9.96. The lowest BCUT2D eigenvalue weighted by molar-refractivity contribution is -0.0190. The summed E-state index contributed by atoms with van der Waals surface area (Å²) in [5, 5.41) is 7.07. The second kappa shape index (κ2) is 7.87. The van der Waals surface area contributed by atoms with Gasteiger partial charge in [-0.15, -0.1) is 0 Å². The fourth-order valence-electron chi connectivity index (χ4n) is 4.21. The maximum atomic E-state index is 6.40. The van der Waals surface area contributed by atoms with Gasteiger partial charge >= 0.3 is 0 Å². The summed E-state index contributed by atoms with van der Waals surface area (Å²) in [5.41, 5.74) is 4.17. The van der Waals surface area contributed by atoms with Crippen molar-refractivity contribution < 1.29 is 18.9 Å². The lowest BCUT2D eigenvalue weighted by Crippen LogP contribution is -2.33. The van der Waals surface area contributed by atoms with Crippen molar-refractivity contribution in [3.63, 3.8) is 0 Å². The van der Waals surface area contributed by atoms with Crippen LogP contribution in [0.25, 0.3) is 0 Å². The Labute approximate surface area is 181 Å². The Kier molecular flexibility index (Phi) is 4.90. The minimum Gasteiger partial charge on any atom is -0.497 e. The number of benzene rings is 3. The molecule has 2 atom stereocenters. The highest BCUT2D eigenvalue weighted by atomic mass is 16.5. The SMILES string of the molecule is COc1ccc([C@H]2Oc3ccccc3[C@H]3CC(c4ccc(OC)c(OC)c4)=NN32)cc1. The number of ether oxygens (including phenoxy) is 4. The van der Waals surface area contributed by atoms with Crippen molar-refractivity contribution in [3.8, 4) is 23.0 Å². The highest BCUT2D eigenvalue weighted by molar-refractivity contribution is 6.02. The molecule has 0 saturated heterocycles. The van der Waals surface area contributed by atoms with Crippen LogP contribution in [-0.2, 0) is 0 Å². The van der Waals surface area contributed by atoms with Crippen molar-refractivity contribution in [1.29, 1.82) is 0 Å². The lowest BCUT2D eigenvalue weighted by Gasteiger charge is -2.38. The Bertz CT molecular complexity index is 1130. The first-order valence-electron chi connectivity index (χ1n) is 10.2. The fraction of sp³-hybridized carbons (Fsp3) is 0.240. The van der Waals surface area contributed by atoms with Gasteiger partial charge < -0.3 is 18.9 Å². The van der Waals surface area contributed by atoms with E-state index in [9.17, 15) is 0 Å². The largest absolute Gasteiger partial charge is 0.497 e. The molecule has 2 aliphatic rings. The van der Waals surface area contributed by atoms with Crippen LogP contribution in [0.4, 0.5) is 0 Å². The van der Waals surface area contributed by atoms with E-state index in [0.717, 1.165) is 40.3 Å². The third-order valence-corrected chi connectivity index (χ3v) is 5.82. The van der Waals surface area contributed by atoms with Crippen LogP contribution in [-0.4, -0.2) is 32.0 Å². The molecule has 3 aromatic rings. The fourth-order valence-corrected chi connectivity index (χ4v) is 4.21. The quantitative estimate of drug-likeness (QED) is 0.589. The minimum absolute atomic E-state index is 0.0974. The highest BCUT2D eigenvalue weighted by Crippen LogP contribution is 2.47. The van der Waals surface area contributed by atoms with Gasteiger partial charge in [-0.3, -0.25) is 0 Å². The molecule has 0 saturated carbocycles. The molecule has 2 heterocycles. The Balaban J connectivity index is 1.55. The zero-order valence-corrected chi connectivity index (χ0v) is 17.7. The number of hydrogen-bond donors (Lipinski definition) is 0. The van der Waals surface area contributed by atoms with Crippen LogP contribution in [0.3, 0.4) is 0 Å². The molecule has 3 aromatic carbocycles. The third kappa shape index (κ3) is 3.34. The molecule has 31 heavy (non-hydrogen) atoms. The molecule has 5 rings (SSSR count). The molecule has 0 fully saturated rings. The average Bonchev–Trinajstić information content (AvgIpc) is 3.29. The number of hydrazone groups is 1. The highest BCUT2D eigenvalue weighted by Gasteiger charge is 2.40. The van der Waals surface area contributed by atoms with Crippen LogP contribution < -0.4 is 18.9 Å². The summed E-state index contributed by atoms with van der Waals surface area (Å²) in [6.07, 6.45) is 0.464. The van der Waals surface area contributed by atoms with Gasteiger partial charge in [-0.2, -0.15) is 5.10 Å². The van der Waals surface area contributed by atoms with E-state index in [1.54, 1.807) is 21.3 Å². The molecular weight excluding hydrogens is 392 g/mol. The molecule has 0 radical (unpaired) electrons. The average molecular weight is 416 g/mol. The van der Waals surface area contributed by atoms with E-state index in [-0.39, 0.29) is 12.3 Å². The Hall–Kier alpha value is -3.67. The van der Waals surface area contributed by atoms with E-state index < -0.39 is 0 Å². The Morgan fingerprint density at radius 2 is 1.65 bits per heavy atom. The van der Waals surface area contributed by atoms with Crippen LogP contribution in [0.15, 0.2) is 71.8 Å². The first kappa shape index (κ1) is 19.3. The summed E-state index contributed by atoms with van der Waals surface area (Å²) in [6, 6.07) is 22.1. The molecule has 158 valence electrons. The second-order valence-electron chi connectivity index (χ2n) is 7.50. The first-order valence-corrected chi connectivity index (χ1v) is 10.2. The van der Waals surface area contributed by atoms with Gasteiger partial charge in [-0.05, 0) is 48.5 Å². The van der Waals surface area contributed by atoms with Gasteiger partial charge in [0.15, 0.2) is 11.5 Å². The minimum atomic E-state index is -0.316. The van der Waals surface area contributed by atoms with Crippen molar-refractivity contribution in [1.82, 2.24) is 5.01 Å². The van der Waals surface area contributed by atoms with Gasteiger partial charge in [-0.1, -0.05) is 18.2 Å². The molecule has 0 bridgehead atoms. The summed E-state index contributed by atoms with van der Waals surface area (Å²) in [5.74, 6) is 3.10. The summed E-state index contributed by atoms with van der Waals surface area (Å²) in [7, 11) is 4.95. The molecule has 0 aromatic heterocycles. The molecule has 0 spiro atoms. The molecule has 0 aliphatic carbocycles. The van der Waals surface area contributed by atoms with Crippen LogP contribution in [0, 0.1) is 0 Å². The zero-order chi connectivity index (χ0) is 21.4. The molecule has 0 unspecified atom stereocenters. The van der Waals surface area contributed by atoms with E-state index in [2.05, 4.69) is 11.1 Å². The van der Waals surface area contributed by atoms with Gasteiger partial charge in [0.2, 0.25) is 6.23 Å². The van der Waals surface area contributed by atoms with Gasteiger partial charge in [0, 0.05) is 23.1 Å². The predicted octanol–water partition coefficient (Wildman–Crippen LogP) is 4.95. The molecule has 2 aliphatic heterocycles. The van der Waals surface area contributed by atoms with Crippen LogP contribution in [0.2, 0.25) is 0 Å². The number of para-hydroxylation sites is 1. The van der Waals surface area contributed by atoms with Crippen molar-refractivity contribution in [3.05, 3.63) is 83.4 Å². The Morgan fingerprint density at radius 1 is 0.871 bits per heavy atom. The Morgan fingerprint density at radius 3 is 2.39 bits per heavy atom. The number of rotatable bonds is 5. The van der Waals surface area contributed by atoms with Crippen molar-refractivity contribution in [2.24, 2.45) is 5.10 Å². The summed E-state index contributed by atoms with van der Waals surface area (Å²) in [4.78, 5) is 0. The monoisotopic (exact) mass is 416 g/mol. The van der Waals surface area contributed by atoms with Gasteiger partial charge in [0.05, 0.1) is 33.1 Å². The molecule has 0 amide bonds.